The lowest BCUT2D eigenvalue weighted by Crippen LogP contribution is -2.19. The zero-order valence-corrected chi connectivity index (χ0v) is 16.0. The third-order valence-corrected chi connectivity index (χ3v) is 5.50. The van der Waals surface area contributed by atoms with E-state index in [-0.39, 0.29) is 24.1 Å². The van der Waals surface area contributed by atoms with Crippen molar-refractivity contribution in [3.8, 4) is 0 Å². The normalized spacial score (nSPS) is 32.4. The first kappa shape index (κ1) is 21.1. The second-order valence-electron chi connectivity index (χ2n) is 7.48. The van der Waals surface area contributed by atoms with E-state index < -0.39 is 12.2 Å². The molecule has 26 heavy (non-hydrogen) atoms. The van der Waals surface area contributed by atoms with Gasteiger partial charge in [0.2, 0.25) is 0 Å². The Balaban J connectivity index is 1.80. The van der Waals surface area contributed by atoms with Gasteiger partial charge in [0.15, 0.2) is 0 Å². The summed E-state index contributed by atoms with van der Waals surface area (Å²) in [6.07, 6.45) is 13.8. The summed E-state index contributed by atoms with van der Waals surface area (Å²) in [5.41, 5.74) is 0. The van der Waals surface area contributed by atoms with Crippen LogP contribution in [0.1, 0.15) is 58.3 Å². The van der Waals surface area contributed by atoms with Crippen LogP contribution in [0.25, 0.3) is 0 Å². The van der Waals surface area contributed by atoms with Crippen molar-refractivity contribution in [3.63, 3.8) is 0 Å². The van der Waals surface area contributed by atoms with Crippen LogP contribution in [0, 0.1) is 11.8 Å². The molecule has 1 saturated heterocycles. The van der Waals surface area contributed by atoms with Gasteiger partial charge in [-0.15, -0.1) is 0 Å². The van der Waals surface area contributed by atoms with Gasteiger partial charge in [-0.25, -0.2) is 0 Å². The molecule has 0 aromatic heterocycles. The van der Waals surface area contributed by atoms with Crippen molar-refractivity contribution in [1.29, 1.82) is 0 Å². The fourth-order valence-electron chi connectivity index (χ4n) is 4.02. The van der Waals surface area contributed by atoms with Crippen molar-refractivity contribution >= 4 is 5.97 Å². The summed E-state index contributed by atoms with van der Waals surface area (Å²) in [4.78, 5) is 11.1. The molecule has 0 bridgehead atoms. The van der Waals surface area contributed by atoms with Crippen LogP contribution < -0.4 is 0 Å². The zero-order chi connectivity index (χ0) is 18.9. The number of carbonyl (C=O) groups is 1. The number of unbranched alkanes of at least 4 members (excludes halogenated alkanes) is 2. The van der Waals surface area contributed by atoms with Gasteiger partial charge >= 0.3 is 5.97 Å². The molecule has 0 aromatic carbocycles. The van der Waals surface area contributed by atoms with Crippen LogP contribution in [0.4, 0.5) is 0 Å². The van der Waals surface area contributed by atoms with Crippen molar-refractivity contribution in [2.24, 2.45) is 11.8 Å². The predicted octanol–water partition coefficient (Wildman–Crippen LogP) is 3.15. The summed E-state index contributed by atoms with van der Waals surface area (Å²) in [6.45, 7) is 2.15. The van der Waals surface area contributed by atoms with Crippen molar-refractivity contribution < 1.29 is 24.5 Å². The number of fused-ring (bicyclic) bond motifs is 1. The lowest BCUT2D eigenvalue weighted by molar-refractivity contribution is -0.140. The largest absolute Gasteiger partial charge is 0.469 e. The maximum absolute atomic E-state index is 11.1. The molecule has 5 heteroatoms. The maximum Gasteiger partial charge on any atom is 0.305 e. The fraction of sp³-hybridized carbons (Fsp3) is 0.762. The minimum absolute atomic E-state index is 0.0422. The van der Waals surface area contributed by atoms with E-state index in [0.29, 0.717) is 25.2 Å². The van der Waals surface area contributed by atoms with Crippen molar-refractivity contribution in [3.05, 3.63) is 24.3 Å². The summed E-state index contributed by atoms with van der Waals surface area (Å²) in [7, 11) is 1.40. The summed E-state index contributed by atoms with van der Waals surface area (Å²) in [6, 6.07) is 0. The average molecular weight is 366 g/mol. The summed E-state index contributed by atoms with van der Waals surface area (Å²) in [5, 5.41) is 20.4. The Morgan fingerprint density at radius 3 is 2.85 bits per heavy atom. The van der Waals surface area contributed by atoms with Gasteiger partial charge in [0.05, 0.1) is 31.5 Å². The predicted molar refractivity (Wildman–Crippen MR) is 101 cm³/mol. The molecule has 1 unspecified atom stereocenters. The van der Waals surface area contributed by atoms with Crippen LogP contribution in [0.5, 0.6) is 0 Å². The first-order valence-electron chi connectivity index (χ1n) is 9.98. The Kier molecular flexibility index (Phi) is 8.82. The first-order valence-corrected chi connectivity index (χ1v) is 9.98. The van der Waals surface area contributed by atoms with Gasteiger partial charge in [0, 0.05) is 18.8 Å². The van der Waals surface area contributed by atoms with Crippen LogP contribution in [-0.2, 0) is 14.3 Å². The number of esters is 1. The van der Waals surface area contributed by atoms with Crippen LogP contribution >= 0.6 is 0 Å². The number of rotatable bonds is 10. The molecule has 0 aromatic rings. The van der Waals surface area contributed by atoms with E-state index in [9.17, 15) is 15.0 Å². The molecule has 0 radical (unpaired) electrons. The molecule has 2 rings (SSSR count). The molecule has 0 amide bonds. The van der Waals surface area contributed by atoms with E-state index in [4.69, 9.17) is 4.74 Å². The Morgan fingerprint density at radius 2 is 2.12 bits per heavy atom. The van der Waals surface area contributed by atoms with Gasteiger partial charge in [-0.2, -0.15) is 0 Å². The van der Waals surface area contributed by atoms with E-state index in [1.165, 1.54) is 7.11 Å². The van der Waals surface area contributed by atoms with Crippen LogP contribution in [0.15, 0.2) is 24.3 Å². The Hall–Kier alpha value is -1.17. The number of hydrogen-bond acceptors (Lipinski definition) is 5. The number of methoxy groups -OCH3 is 1. The molecule has 6 atom stereocenters. The molecule has 2 aliphatic rings. The number of carbonyl (C=O) groups excluding carboxylic acids is 1. The standard InChI is InChI=1S/C21H34O5/c1-3-4-5-8-15(22)11-12-17-18-13-16(26-20(18)14-19(17)23)9-6-7-10-21(24)25-2/h6,9,11-12,15-20,22-23H,3-5,7-8,10,13-14H2,1-2H3/t15-,16?,17+,18+,19+,20+/m0/s1. The van der Waals surface area contributed by atoms with Crippen molar-refractivity contribution in [1.82, 2.24) is 0 Å². The highest BCUT2D eigenvalue weighted by Crippen LogP contribution is 2.44. The SMILES string of the molecule is CCCCC[C@H](O)C=C[C@@H]1[C@H]2CC(C=CCCC(=O)OC)O[C@@H]2C[C@H]1O. The molecule has 1 saturated carbocycles. The van der Waals surface area contributed by atoms with E-state index >= 15 is 0 Å². The number of aliphatic hydroxyl groups excluding tert-OH is 2. The Morgan fingerprint density at radius 1 is 1.31 bits per heavy atom. The summed E-state index contributed by atoms with van der Waals surface area (Å²) in [5.74, 6) is 0.137. The quantitative estimate of drug-likeness (QED) is 0.353. The summed E-state index contributed by atoms with van der Waals surface area (Å²) < 4.78 is 10.7. The average Bonchev–Trinajstić information content (AvgIpc) is 3.13. The van der Waals surface area contributed by atoms with E-state index in [0.717, 1.165) is 32.1 Å². The molecule has 5 nitrogen and oxygen atoms in total. The van der Waals surface area contributed by atoms with E-state index in [2.05, 4.69) is 11.7 Å². The van der Waals surface area contributed by atoms with Crippen LogP contribution in [0.2, 0.25) is 0 Å². The third-order valence-electron chi connectivity index (χ3n) is 5.50. The van der Waals surface area contributed by atoms with Gasteiger partial charge in [0.25, 0.3) is 0 Å². The number of hydrogen-bond donors (Lipinski definition) is 2. The highest BCUT2D eigenvalue weighted by atomic mass is 16.5. The lowest BCUT2D eigenvalue weighted by Gasteiger charge is -2.17. The van der Waals surface area contributed by atoms with Crippen molar-refractivity contribution in [2.75, 3.05) is 7.11 Å². The lowest BCUT2D eigenvalue weighted by atomic mass is 9.89. The van der Waals surface area contributed by atoms with Gasteiger partial charge in [0.1, 0.15) is 0 Å². The van der Waals surface area contributed by atoms with Crippen LogP contribution in [-0.4, -0.2) is 47.7 Å². The molecule has 1 aliphatic carbocycles. The molecule has 2 N–H and O–H groups in total. The van der Waals surface area contributed by atoms with Gasteiger partial charge in [-0.1, -0.05) is 50.5 Å². The zero-order valence-electron chi connectivity index (χ0n) is 16.0. The molecular formula is C21H34O5. The number of aliphatic hydroxyl groups is 2. The Labute approximate surface area is 157 Å². The van der Waals surface area contributed by atoms with Gasteiger partial charge < -0.3 is 19.7 Å². The topological polar surface area (TPSA) is 76.0 Å². The molecule has 1 heterocycles. The monoisotopic (exact) mass is 366 g/mol. The minimum atomic E-state index is -0.427. The van der Waals surface area contributed by atoms with E-state index in [1.54, 1.807) is 0 Å². The highest BCUT2D eigenvalue weighted by Gasteiger charge is 2.47. The minimum Gasteiger partial charge on any atom is -0.469 e. The number of allylic oxidation sites excluding steroid dienone is 1. The Bertz CT molecular complexity index is 487. The maximum atomic E-state index is 11.1. The van der Waals surface area contributed by atoms with E-state index in [1.807, 2.05) is 24.3 Å². The molecule has 2 fully saturated rings. The van der Waals surface area contributed by atoms with Gasteiger partial charge in [-0.05, 0) is 25.2 Å². The summed E-state index contributed by atoms with van der Waals surface area (Å²) >= 11 is 0. The molecule has 1 aliphatic heterocycles. The highest BCUT2D eigenvalue weighted by molar-refractivity contribution is 5.69. The second kappa shape index (κ2) is 10.9. The molecular weight excluding hydrogens is 332 g/mol. The second-order valence-corrected chi connectivity index (χ2v) is 7.48. The first-order chi connectivity index (χ1) is 12.5. The fourth-order valence-corrected chi connectivity index (χ4v) is 4.02. The van der Waals surface area contributed by atoms with Gasteiger partial charge in [-0.3, -0.25) is 4.79 Å². The molecule has 148 valence electrons. The number of ether oxygens (including phenoxy) is 2. The molecule has 0 spiro atoms. The van der Waals surface area contributed by atoms with Crippen LogP contribution in [0.3, 0.4) is 0 Å². The van der Waals surface area contributed by atoms with Crippen molar-refractivity contribution in [2.45, 2.75) is 82.7 Å². The third kappa shape index (κ3) is 6.22. The smallest absolute Gasteiger partial charge is 0.305 e.